The lowest BCUT2D eigenvalue weighted by Crippen LogP contribution is -2.33. The molecule has 1 aromatic heterocycles. The van der Waals surface area contributed by atoms with Gasteiger partial charge in [0.25, 0.3) is 0 Å². The first-order valence-electron chi connectivity index (χ1n) is 6.00. The Balaban J connectivity index is 2.04. The van der Waals surface area contributed by atoms with E-state index in [4.69, 9.17) is 5.73 Å². The van der Waals surface area contributed by atoms with Gasteiger partial charge >= 0.3 is 0 Å². The minimum atomic E-state index is -0.455. The maximum Gasteiger partial charge on any atom is 0.123 e. The molecule has 2 rings (SSSR count). The number of nitrogens with zero attached hydrogens (tertiary/aromatic N) is 2. The van der Waals surface area contributed by atoms with Gasteiger partial charge in [-0.2, -0.15) is 5.10 Å². The second-order valence-corrected chi connectivity index (χ2v) is 4.95. The minimum Gasteiger partial charge on any atom is -0.322 e. The molecule has 1 heterocycles. The van der Waals surface area contributed by atoms with E-state index in [1.54, 1.807) is 16.8 Å². The molecule has 0 radical (unpaired) electrons. The molecule has 0 aliphatic carbocycles. The number of halogens is 1. The van der Waals surface area contributed by atoms with Crippen molar-refractivity contribution in [3.05, 3.63) is 53.6 Å². The highest BCUT2D eigenvalue weighted by Gasteiger charge is 2.21. The van der Waals surface area contributed by atoms with Gasteiger partial charge in [0.1, 0.15) is 5.82 Å². The monoisotopic (exact) mass is 247 g/mol. The van der Waals surface area contributed by atoms with Gasteiger partial charge in [0.05, 0.1) is 6.20 Å². The van der Waals surface area contributed by atoms with Gasteiger partial charge < -0.3 is 5.73 Å². The third-order valence-electron chi connectivity index (χ3n) is 3.20. The zero-order chi connectivity index (χ0) is 13.2. The molecule has 0 amide bonds. The molecule has 0 saturated carbocycles. The van der Waals surface area contributed by atoms with Crippen LogP contribution < -0.4 is 5.73 Å². The fourth-order valence-electron chi connectivity index (χ4n) is 1.98. The van der Waals surface area contributed by atoms with E-state index in [9.17, 15) is 4.39 Å². The smallest absolute Gasteiger partial charge is 0.123 e. The van der Waals surface area contributed by atoms with Gasteiger partial charge in [0, 0.05) is 18.8 Å². The molecule has 2 N–H and O–H groups in total. The lowest BCUT2D eigenvalue weighted by molar-refractivity contribution is 0.452. The molecule has 0 aliphatic heterocycles. The van der Waals surface area contributed by atoms with Crippen molar-refractivity contribution in [2.75, 3.05) is 0 Å². The minimum absolute atomic E-state index is 0.234. The van der Waals surface area contributed by atoms with Crippen LogP contribution in [0.1, 0.15) is 24.5 Å². The van der Waals surface area contributed by atoms with E-state index in [-0.39, 0.29) is 5.82 Å². The third kappa shape index (κ3) is 2.96. The molecule has 0 saturated heterocycles. The Bertz CT molecular complexity index is 514. The number of aromatic nitrogens is 2. The standard InChI is InChI=1S/C14H18FN3/c1-14(16,12-3-5-13(15)6-4-12)8-7-11-9-17-18(2)10-11/h3-6,9-10H,7-8,16H2,1-2H3. The summed E-state index contributed by atoms with van der Waals surface area (Å²) in [4.78, 5) is 0. The fraction of sp³-hybridized carbons (Fsp3) is 0.357. The SMILES string of the molecule is Cn1cc(CCC(C)(N)c2ccc(F)cc2)cn1. The maximum absolute atomic E-state index is 12.9. The summed E-state index contributed by atoms with van der Waals surface area (Å²) in [6.45, 7) is 1.97. The Morgan fingerprint density at radius 2 is 2.00 bits per heavy atom. The molecule has 1 atom stereocenters. The van der Waals surface area contributed by atoms with Gasteiger partial charge in [0.15, 0.2) is 0 Å². The lowest BCUT2D eigenvalue weighted by atomic mass is 9.87. The average Bonchev–Trinajstić information content (AvgIpc) is 2.73. The molecule has 0 spiro atoms. The van der Waals surface area contributed by atoms with Gasteiger partial charge in [-0.25, -0.2) is 4.39 Å². The van der Waals surface area contributed by atoms with Crippen LogP contribution in [0.2, 0.25) is 0 Å². The van der Waals surface area contributed by atoms with E-state index in [1.807, 2.05) is 26.4 Å². The third-order valence-corrected chi connectivity index (χ3v) is 3.20. The molecule has 0 aliphatic rings. The lowest BCUT2D eigenvalue weighted by Gasteiger charge is -2.25. The fourth-order valence-corrected chi connectivity index (χ4v) is 1.98. The van der Waals surface area contributed by atoms with E-state index in [0.717, 1.165) is 24.0 Å². The number of rotatable bonds is 4. The summed E-state index contributed by atoms with van der Waals surface area (Å²) in [5.74, 6) is -0.234. The second-order valence-electron chi connectivity index (χ2n) is 4.95. The number of benzene rings is 1. The van der Waals surface area contributed by atoms with Crippen LogP contribution in [0.5, 0.6) is 0 Å². The normalized spacial score (nSPS) is 14.4. The van der Waals surface area contributed by atoms with Crippen LogP contribution in [0.4, 0.5) is 4.39 Å². The van der Waals surface area contributed by atoms with Gasteiger partial charge in [-0.3, -0.25) is 4.68 Å². The highest BCUT2D eigenvalue weighted by molar-refractivity contribution is 5.24. The molecule has 2 aromatic rings. The number of nitrogens with two attached hydrogens (primary N) is 1. The predicted molar refractivity (Wildman–Crippen MR) is 69.5 cm³/mol. The molecular weight excluding hydrogens is 229 g/mol. The van der Waals surface area contributed by atoms with E-state index < -0.39 is 5.54 Å². The summed E-state index contributed by atoms with van der Waals surface area (Å²) in [5.41, 5.74) is 7.95. The van der Waals surface area contributed by atoms with Crippen molar-refractivity contribution in [2.45, 2.75) is 25.3 Å². The van der Waals surface area contributed by atoms with E-state index in [2.05, 4.69) is 5.10 Å². The first-order chi connectivity index (χ1) is 8.47. The zero-order valence-electron chi connectivity index (χ0n) is 10.7. The zero-order valence-corrected chi connectivity index (χ0v) is 10.7. The molecule has 3 nitrogen and oxygen atoms in total. The van der Waals surface area contributed by atoms with Crippen molar-refractivity contribution < 1.29 is 4.39 Å². The Morgan fingerprint density at radius 1 is 1.33 bits per heavy atom. The van der Waals surface area contributed by atoms with E-state index in [1.165, 1.54) is 12.1 Å². The van der Waals surface area contributed by atoms with Gasteiger partial charge in [0.2, 0.25) is 0 Å². The van der Waals surface area contributed by atoms with Crippen molar-refractivity contribution in [1.82, 2.24) is 9.78 Å². The van der Waals surface area contributed by atoms with E-state index >= 15 is 0 Å². The van der Waals surface area contributed by atoms with Gasteiger partial charge in [-0.15, -0.1) is 0 Å². The van der Waals surface area contributed by atoms with Gasteiger partial charge in [-0.1, -0.05) is 12.1 Å². The quantitative estimate of drug-likeness (QED) is 0.901. The number of aryl methyl sites for hydroxylation is 2. The van der Waals surface area contributed by atoms with Crippen LogP contribution in [0.25, 0.3) is 0 Å². The largest absolute Gasteiger partial charge is 0.322 e. The Labute approximate surface area is 106 Å². The Hall–Kier alpha value is -1.68. The second kappa shape index (κ2) is 4.90. The van der Waals surface area contributed by atoms with Crippen LogP contribution in [0.3, 0.4) is 0 Å². The molecule has 1 unspecified atom stereocenters. The van der Waals surface area contributed by atoms with Crippen LogP contribution in [-0.2, 0) is 19.0 Å². The summed E-state index contributed by atoms with van der Waals surface area (Å²) in [5, 5.41) is 4.13. The van der Waals surface area contributed by atoms with Crippen molar-refractivity contribution in [2.24, 2.45) is 12.8 Å². The van der Waals surface area contributed by atoms with Gasteiger partial charge in [-0.05, 0) is 43.0 Å². The maximum atomic E-state index is 12.9. The Morgan fingerprint density at radius 3 is 2.56 bits per heavy atom. The molecule has 0 fully saturated rings. The molecule has 96 valence electrons. The Kier molecular flexibility index (Phi) is 3.48. The molecule has 4 heteroatoms. The highest BCUT2D eigenvalue weighted by Crippen LogP contribution is 2.23. The average molecular weight is 247 g/mol. The van der Waals surface area contributed by atoms with Crippen LogP contribution in [-0.4, -0.2) is 9.78 Å². The predicted octanol–water partition coefficient (Wildman–Crippen LogP) is 2.37. The van der Waals surface area contributed by atoms with Crippen molar-refractivity contribution in [3.63, 3.8) is 0 Å². The van der Waals surface area contributed by atoms with Crippen molar-refractivity contribution >= 4 is 0 Å². The topological polar surface area (TPSA) is 43.8 Å². The van der Waals surface area contributed by atoms with Crippen LogP contribution in [0.15, 0.2) is 36.7 Å². The van der Waals surface area contributed by atoms with E-state index in [0.29, 0.717) is 0 Å². The summed E-state index contributed by atoms with van der Waals surface area (Å²) < 4.78 is 14.7. The molecule has 1 aromatic carbocycles. The van der Waals surface area contributed by atoms with Crippen LogP contribution >= 0.6 is 0 Å². The molecular formula is C14H18FN3. The van der Waals surface area contributed by atoms with Crippen LogP contribution in [0, 0.1) is 5.82 Å². The first-order valence-corrected chi connectivity index (χ1v) is 6.00. The first kappa shape index (κ1) is 12.8. The summed E-state index contributed by atoms with van der Waals surface area (Å²) in [6, 6.07) is 6.40. The summed E-state index contributed by atoms with van der Waals surface area (Å²) in [7, 11) is 1.89. The van der Waals surface area contributed by atoms with Crippen molar-refractivity contribution in [3.8, 4) is 0 Å². The summed E-state index contributed by atoms with van der Waals surface area (Å²) in [6.07, 6.45) is 5.49. The molecule has 18 heavy (non-hydrogen) atoms. The number of hydrogen-bond acceptors (Lipinski definition) is 2. The van der Waals surface area contributed by atoms with Crippen molar-refractivity contribution in [1.29, 1.82) is 0 Å². The molecule has 0 bridgehead atoms. The summed E-state index contributed by atoms with van der Waals surface area (Å²) >= 11 is 0. The highest BCUT2D eigenvalue weighted by atomic mass is 19.1. The number of hydrogen-bond donors (Lipinski definition) is 1.